The average molecular weight is 1070 g/mol. The molecule has 0 amide bonds. The maximum absolute atomic E-state index is 5.76. The smallest absolute Gasteiger partial charge is 0.185 e. The van der Waals surface area contributed by atoms with Gasteiger partial charge in [-0.2, -0.15) is 0 Å². The first-order valence-corrected chi connectivity index (χ1v) is 26.9. The Morgan fingerprint density at radius 3 is 0.825 bits per heavy atom. The van der Waals surface area contributed by atoms with Crippen LogP contribution in [0.2, 0.25) is 0 Å². The van der Waals surface area contributed by atoms with E-state index in [4.69, 9.17) is 57.3 Å². The lowest BCUT2D eigenvalue weighted by molar-refractivity contribution is 0.780. The van der Waals surface area contributed by atoms with Gasteiger partial charge in [-0.3, -0.25) is 15.0 Å². The Balaban J connectivity index is 0.000000307. The molecule has 0 radical (unpaired) electrons. The van der Waals surface area contributed by atoms with Gasteiger partial charge >= 0.3 is 0 Å². The Morgan fingerprint density at radius 2 is 0.588 bits per heavy atom. The van der Waals surface area contributed by atoms with Crippen molar-refractivity contribution in [2.45, 2.75) is 64.7 Å². The van der Waals surface area contributed by atoms with E-state index < -0.39 is 0 Å². The third-order valence-electron chi connectivity index (χ3n) is 12.1. The average Bonchev–Trinajstić information content (AvgIpc) is 3.41. The van der Waals surface area contributed by atoms with Gasteiger partial charge in [-0.15, -0.1) is 0 Å². The zero-order chi connectivity index (χ0) is 57.5. The Kier molecular flexibility index (Phi) is 25.9. The summed E-state index contributed by atoms with van der Waals surface area (Å²) in [6.45, 7) is 9.92. The Hall–Kier alpha value is -9.41. The highest BCUT2D eigenvalue weighted by Crippen LogP contribution is 2.17. The SMILES string of the molecule is C=C(N)NCCc1cc(C#Cc2ccc(C#Cc3cc(CCN=C(N)N)cc(CCN=C(N)N)c3)cc2)cc(CCN=C(N)N)c1.CCCc1cc(C#Cc2ccc(C#Cc3cc(CCN)cc(CCN)c3)cc2)cc(CCN)c1. The van der Waals surface area contributed by atoms with Crippen LogP contribution in [0.25, 0.3) is 0 Å². The molecule has 0 saturated heterocycles. The number of nitrogens with one attached hydrogen (secondary N) is 1. The summed E-state index contributed by atoms with van der Waals surface area (Å²) < 4.78 is 0. The van der Waals surface area contributed by atoms with E-state index in [1.165, 1.54) is 22.3 Å². The molecule has 14 heteroatoms. The summed E-state index contributed by atoms with van der Waals surface area (Å²) in [5, 5.41) is 3.06. The van der Waals surface area contributed by atoms with Gasteiger partial charge in [-0.1, -0.05) is 91.6 Å². The predicted molar refractivity (Wildman–Crippen MR) is 333 cm³/mol. The Morgan fingerprint density at radius 1 is 0.350 bits per heavy atom. The molecular formula is C66H78N14. The molecule has 412 valence electrons. The molecule has 0 aliphatic heterocycles. The summed E-state index contributed by atoms with van der Waals surface area (Å²) in [5.74, 6) is 26.9. The number of hydrogen-bond donors (Lipinski definition) is 11. The standard InChI is InChI=1S/C35H43N11.C31H35N3/c1-24(36)43-14-10-29-18-27(19-30(22-29)11-15-44-33(37)38)8-6-25-2-4-26(5-3-25)7-9-28-20-31(12-16-45-34(39)40)23-32(21-28)13-17-46-35(41)42;1-2-3-26-18-27(20-29(19-26)12-15-32)10-8-24-4-6-25(7-5-24)9-11-28-21-30(13-16-33)23-31(22-28)14-17-34/h2-5,18-23,43H,1,10-17,36H2,(H4,37,38,44)(H4,39,40,45)(H4,41,42,46);4-7,18-23H,2-3,12-17,32-34H2,1H3. The number of hydrogen-bond acceptors (Lipinski definition) is 8. The molecule has 0 atom stereocenters. The molecule has 14 nitrogen and oxygen atoms in total. The van der Waals surface area contributed by atoms with Gasteiger partial charge in [0.15, 0.2) is 17.9 Å². The van der Waals surface area contributed by atoms with Crippen LogP contribution in [0, 0.1) is 47.4 Å². The Bertz CT molecular complexity index is 3160. The van der Waals surface area contributed by atoms with Crippen molar-refractivity contribution in [1.82, 2.24) is 5.32 Å². The molecule has 0 aliphatic rings. The van der Waals surface area contributed by atoms with Crippen molar-refractivity contribution in [3.05, 3.63) is 223 Å². The molecule has 0 aromatic heterocycles. The molecule has 6 aromatic rings. The third kappa shape index (κ3) is 23.9. The second-order valence-electron chi connectivity index (χ2n) is 19.0. The molecule has 0 spiro atoms. The first kappa shape index (κ1) is 61.4. The van der Waals surface area contributed by atoms with Gasteiger partial charge in [0.1, 0.15) is 0 Å². The van der Waals surface area contributed by atoms with Crippen LogP contribution in [0.5, 0.6) is 0 Å². The monoisotopic (exact) mass is 1070 g/mol. The minimum Gasteiger partial charge on any atom is -0.386 e. The number of nitrogens with zero attached hydrogens (tertiary/aromatic N) is 3. The molecule has 80 heavy (non-hydrogen) atoms. The maximum Gasteiger partial charge on any atom is 0.185 e. The van der Waals surface area contributed by atoms with Gasteiger partial charge in [0, 0.05) is 70.7 Å². The van der Waals surface area contributed by atoms with Crippen LogP contribution in [0.1, 0.15) is 102 Å². The van der Waals surface area contributed by atoms with Gasteiger partial charge in [0.05, 0.1) is 5.82 Å². The van der Waals surface area contributed by atoms with Crippen LogP contribution in [0.4, 0.5) is 0 Å². The summed E-state index contributed by atoms with van der Waals surface area (Å²) >= 11 is 0. The fourth-order valence-electron chi connectivity index (χ4n) is 8.44. The van der Waals surface area contributed by atoms with Crippen LogP contribution in [-0.4, -0.2) is 63.7 Å². The summed E-state index contributed by atoms with van der Waals surface area (Å²) in [6.07, 6.45) is 7.56. The van der Waals surface area contributed by atoms with E-state index in [-0.39, 0.29) is 17.9 Å². The van der Waals surface area contributed by atoms with E-state index in [2.05, 4.69) is 142 Å². The van der Waals surface area contributed by atoms with E-state index in [1.54, 1.807) is 0 Å². The van der Waals surface area contributed by atoms with E-state index in [0.29, 0.717) is 70.9 Å². The highest BCUT2D eigenvalue weighted by Gasteiger charge is 2.05. The van der Waals surface area contributed by atoms with Gasteiger partial charge in [-0.25, -0.2) is 0 Å². The number of benzene rings is 6. The van der Waals surface area contributed by atoms with Crippen LogP contribution < -0.4 is 62.7 Å². The minimum atomic E-state index is 0.0673. The highest BCUT2D eigenvalue weighted by atomic mass is 15.0. The van der Waals surface area contributed by atoms with Crippen molar-refractivity contribution >= 4 is 17.9 Å². The van der Waals surface area contributed by atoms with Gasteiger partial charge < -0.3 is 62.7 Å². The van der Waals surface area contributed by atoms with Crippen molar-refractivity contribution in [2.75, 3.05) is 45.8 Å². The number of aryl methyl sites for hydroxylation is 1. The largest absolute Gasteiger partial charge is 0.386 e. The number of rotatable bonds is 21. The molecule has 0 aliphatic carbocycles. The first-order valence-electron chi connectivity index (χ1n) is 26.9. The summed E-state index contributed by atoms with van der Waals surface area (Å²) in [6, 6.07) is 41.4. The lowest BCUT2D eigenvalue weighted by Gasteiger charge is -2.08. The van der Waals surface area contributed by atoms with Crippen LogP contribution in [0.15, 0.2) is 149 Å². The fourth-order valence-corrected chi connectivity index (χ4v) is 8.44. The third-order valence-corrected chi connectivity index (χ3v) is 12.1. The fraction of sp³-hybridized carbons (Fsp3) is 0.258. The number of guanidine groups is 3. The first-order chi connectivity index (χ1) is 38.7. The van der Waals surface area contributed by atoms with E-state index in [0.717, 1.165) is 105 Å². The predicted octanol–water partition coefficient (Wildman–Crippen LogP) is 4.44. The minimum absolute atomic E-state index is 0.0673. The molecule has 6 rings (SSSR count). The Labute approximate surface area is 474 Å². The lowest BCUT2D eigenvalue weighted by atomic mass is 10.0. The van der Waals surface area contributed by atoms with Crippen molar-refractivity contribution in [3.8, 4) is 47.4 Å². The van der Waals surface area contributed by atoms with Crippen molar-refractivity contribution in [1.29, 1.82) is 0 Å². The lowest BCUT2D eigenvalue weighted by Crippen LogP contribution is -2.23. The molecule has 6 aromatic carbocycles. The second kappa shape index (κ2) is 33.7. The second-order valence-corrected chi connectivity index (χ2v) is 19.0. The number of nitrogens with two attached hydrogens (primary N) is 10. The summed E-state index contributed by atoms with van der Waals surface area (Å²) in [5.41, 5.74) is 72.7. The maximum atomic E-state index is 5.76. The molecule has 0 bridgehead atoms. The van der Waals surface area contributed by atoms with Gasteiger partial charge in [-0.05, 0) is 213 Å². The van der Waals surface area contributed by atoms with E-state index in [1.807, 2.05) is 60.7 Å². The molecule has 0 fully saturated rings. The summed E-state index contributed by atoms with van der Waals surface area (Å²) in [7, 11) is 0. The number of aliphatic imine (C=N–C) groups is 3. The molecule has 0 saturated carbocycles. The zero-order valence-corrected chi connectivity index (χ0v) is 46.2. The van der Waals surface area contributed by atoms with Crippen LogP contribution >= 0.6 is 0 Å². The molecule has 0 heterocycles. The topological polar surface area (TPSA) is 309 Å². The van der Waals surface area contributed by atoms with Crippen LogP contribution in [0.3, 0.4) is 0 Å². The molecule has 0 unspecified atom stereocenters. The van der Waals surface area contributed by atoms with E-state index >= 15 is 0 Å². The molecule has 21 N–H and O–H groups in total. The van der Waals surface area contributed by atoms with Crippen LogP contribution in [-0.2, 0) is 51.4 Å². The quantitative estimate of drug-likeness (QED) is 0.0272. The van der Waals surface area contributed by atoms with Gasteiger partial charge in [0.25, 0.3) is 0 Å². The summed E-state index contributed by atoms with van der Waals surface area (Å²) in [4.78, 5) is 12.3. The van der Waals surface area contributed by atoms with Crippen molar-refractivity contribution in [2.24, 2.45) is 72.3 Å². The molecular weight excluding hydrogens is 989 g/mol. The van der Waals surface area contributed by atoms with E-state index in [9.17, 15) is 0 Å². The van der Waals surface area contributed by atoms with Crippen molar-refractivity contribution < 1.29 is 0 Å². The highest BCUT2D eigenvalue weighted by molar-refractivity contribution is 5.76. The normalized spacial score (nSPS) is 10.1. The van der Waals surface area contributed by atoms with Crippen molar-refractivity contribution in [3.63, 3.8) is 0 Å². The van der Waals surface area contributed by atoms with Gasteiger partial charge in [0.2, 0.25) is 0 Å². The zero-order valence-electron chi connectivity index (χ0n) is 46.2.